The molecule has 1 saturated heterocycles. The number of piperidine rings is 1. The van der Waals surface area contributed by atoms with Gasteiger partial charge in [-0.15, -0.1) is 0 Å². The van der Waals surface area contributed by atoms with Crippen molar-refractivity contribution >= 4 is 15.9 Å². The number of hydrogen-bond acceptors (Lipinski definition) is 3. The highest BCUT2D eigenvalue weighted by atomic mass is 32.2. The molecular formula is C16H24N2O3S. The summed E-state index contributed by atoms with van der Waals surface area (Å²) in [5, 5.41) is 2.79. The SMILES string of the molecule is Cc1ccc(C(=O)NC(C)C)cc1S(=O)(=O)N1CCCCC1. The van der Waals surface area contributed by atoms with E-state index in [1.54, 1.807) is 19.1 Å². The molecule has 1 aromatic carbocycles. The molecule has 1 aliphatic rings. The van der Waals surface area contributed by atoms with Gasteiger partial charge in [0.05, 0.1) is 4.90 Å². The van der Waals surface area contributed by atoms with E-state index in [1.165, 1.54) is 10.4 Å². The van der Waals surface area contributed by atoms with Gasteiger partial charge in [0.2, 0.25) is 10.0 Å². The molecule has 0 saturated carbocycles. The highest BCUT2D eigenvalue weighted by molar-refractivity contribution is 7.89. The zero-order valence-corrected chi connectivity index (χ0v) is 14.2. The van der Waals surface area contributed by atoms with Crippen LogP contribution in [-0.4, -0.2) is 37.8 Å². The standard InChI is InChI=1S/C16H24N2O3S/c1-12(2)17-16(19)14-8-7-13(3)15(11-14)22(20,21)18-9-5-4-6-10-18/h7-8,11-12H,4-6,9-10H2,1-3H3,(H,17,19). The summed E-state index contributed by atoms with van der Waals surface area (Å²) >= 11 is 0. The topological polar surface area (TPSA) is 66.5 Å². The van der Waals surface area contributed by atoms with Crippen LogP contribution in [0.15, 0.2) is 23.1 Å². The van der Waals surface area contributed by atoms with Gasteiger partial charge in [-0.2, -0.15) is 4.31 Å². The summed E-state index contributed by atoms with van der Waals surface area (Å²) in [7, 11) is -3.52. The number of carbonyl (C=O) groups is 1. The van der Waals surface area contributed by atoms with E-state index in [0.29, 0.717) is 24.2 Å². The first-order chi connectivity index (χ1) is 10.3. The van der Waals surface area contributed by atoms with E-state index in [0.717, 1.165) is 19.3 Å². The van der Waals surface area contributed by atoms with Crippen LogP contribution in [0.4, 0.5) is 0 Å². The minimum Gasteiger partial charge on any atom is -0.350 e. The van der Waals surface area contributed by atoms with Gasteiger partial charge in [-0.1, -0.05) is 12.5 Å². The van der Waals surface area contributed by atoms with Crippen molar-refractivity contribution in [2.24, 2.45) is 0 Å². The summed E-state index contributed by atoms with van der Waals surface area (Å²) in [5.41, 5.74) is 1.06. The van der Waals surface area contributed by atoms with Gasteiger partial charge in [0, 0.05) is 24.7 Å². The van der Waals surface area contributed by atoms with Crippen molar-refractivity contribution in [3.05, 3.63) is 29.3 Å². The third kappa shape index (κ3) is 3.67. The Labute approximate surface area is 132 Å². The van der Waals surface area contributed by atoms with Crippen molar-refractivity contribution in [3.8, 4) is 0 Å². The van der Waals surface area contributed by atoms with Crippen LogP contribution in [0, 0.1) is 6.92 Å². The van der Waals surface area contributed by atoms with E-state index in [-0.39, 0.29) is 16.8 Å². The Balaban J connectivity index is 2.35. The first-order valence-electron chi connectivity index (χ1n) is 7.74. The van der Waals surface area contributed by atoms with Crippen molar-refractivity contribution in [1.29, 1.82) is 0 Å². The number of sulfonamides is 1. The zero-order valence-electron chi connectivity index (χ0n) is 13.4. The minimum absolute atomic E-state index is 0.0101. The Bertz CT molecular complexity index is 647. The predicted octanol–water partition coefficient (Wildman–Crippen LogP) is 2.31. The van der Waals surface area contributed by atoms with E-state index >= 15 is 0 Å². The highest BCUT2D eigenvalue weighted by Gasteiger charge is 2.28. The number of hydrogen-bond donors (Lipinski definition) is 1. The first-order valence-corrected chi connectivity index (χ1v) is 9.18. The van der Waals surface area contributed by atoms with Crippen LogP contribution in [-0.2, 0) is 10.0 Å². The molecule has 1 fully saturated rings. The van der Waals surface area contributed by atoms with Gasteiger partial charge in [-0.25, -0.2) is 8.42 Å². The molecule has 0 bridgehead atoms. The van der Waals surface area contributed by atoms with Crippen LogP contribution in [0.5, 0.6) is 0 Å². The Morgan fingerprint density at radius 1 is 1.18 bits per heavy atom. The number of nitrogens with zero attached hydrogens (tertiary/aromatic N) is 1. The maximum Gasteiger partial charge on any atom is 0.251 e. The molecule has 1 aliphatic heterocycles. The fourth-order valence-electron chi connectivity index (χ4n) is 2.61. The monoisotopic (exact) mass is 324 g/mol. The largest absolute Gasteiger partial charge is 0.350 e. The van der Waals surface area contributed by atoms with Crippen molar-refractivity contribution in [2.45, 2.75) is 51.0 Å². The number of rotatable bonds is 4. The number of nitrogens with one attached hydrogen (secondary N) is 1. The summed E-state index contributed by atoms with van der Waals surface area (Å²) < 4.78 is 27.1. The van der Waals surface area contributed by atoms with Crippen LogP contribution in [0.25, 0.3) is 0 Å². The highest BCUT2D eigenvalue weighted by Crippen LogP contribution is 2.24. The lowest BCUT2D eigenvalue weighted by Gasteiger charge is -2.26. The second kappa shape index (κ2) is 6.79. The average molecular weight is 324 g/mol. The van der Waals surface area contributed by atoms with Crippen molar-refractivity contribution in [2.75, 3.05) is 13.1 Å². The normalized spacial score (nSPS) is 16.7. The summed E-state index contributed by atoms with van der Waals surface area (Å²) in [5.74, 6) is -0.245. The van der Waals surface area contributed by atoms with E-state index in [1.807, 2.05) is 13.8 Å². The Kier molecular flexibility index (Phi) is 5.24. The Morgan fingerprint density at radius 3 is 2.41 bits per heavy atom. The van der Waals surface area contributed by atoms with Crippen LogP contribution in [0.2, 0.25) is 0 Å². The molecule has 0 atom stereocenters. The molecule has 0 unspecified atom stereocenters. The van der Waals surface area contributed by atoms with Crippen LogP contribution in [0.1, 0.15) is 49.0 Å². The lowest BCUT2D eigenvalue weighted by molar-refractivity contribution is 0.0943. The van der Waals surface area contributed by atoms with E-state index in [4.69, 9.17) is 0 Å². The number of benzene rings is 1. The lowest BCUT2D eigenvalue weighted by Crippen LogP contribution is -2.36. The fourth-order valence-corrected chi connectivity index (χ4v) is 4.38. The second-order valence-electron chi connectivity index (χ2n) is 6.07. The first kappa shape index (κ1) is 17.0. The lowest BCUT2D eigenvalue weighted by atomic mass is 10.1. The molecule has 2 rings (SSSR count). The zero-order chi connectivity index (χ0) is 16.3. The number of carbonyl (C=O) groups excluding carboxylic acids is 1. The van der Waals surface area contributed by atoms with Gasteiger partial charge in [0.25, 0.3) is 5.91 Å². The number of amides is 1. The molecule has 1 N–H and O–H groups in total. The minimum atomic E-state index is -3.52. The van der Waals surface area contributed by atoms with E-state index in [2.05, 4.69) is 5.32 Å². The summed E-state index contributed by atoms with van der Waals surface area (Å²) in [6.07, 6.45) is 2.86. The molecular weight excluding hydrogens is 300 g/mol. The molecule has 0 radical (unpaired) electrons. The molecule has 0 aliphatic carbocycles. The molecule has 6 heteroatoms. The van der Waals surface area contributed by atoms with Gasteiger partial charge >= 0.3 is 0 Å². The molecule has 22 heavy (non-hydrogen) atoms. The third-order valence-corrected chi connectivity index (χ3v) is 5.84. The molecule has 1 amide bonds. The van der Waals surface area contributed by atoms with Gasteiger partial charge < -0.3 is 5.32 Å². The Morgan fingerprint density at radius 2 is 1.82 bits per heavy atom. The van der Waals surface area contributed by atoms with Gasteiger partial charge in [-0.05, 0) is 51.3 Å². The van der Waals surface area contributed by atoms with Crippen LogP contribution in [0.3, 0.4) is 0 Å². The maximum atomic E-state index is 12.8. The molecule has 0 aromatic heterocycles. The second-order valence-corrected chi connectivity index (χ2v) is 7.98. The molecule has 1 aromatic rings. The van der Waals surface area contributed by atoms with Gasteiger partial charge in [-0.3, -0.25) is 4.79 Å². The van der Waals surface area contributed by atoms with Crippen molar-refractivity contribution in [1.82, 2.24) is 9.62 Å². The maximum absolute atomic E-state index is 12.8. The third-order valence-electron chi connectivity index (χ3n) is 3.80. The van der Waals surface area contributed by atoms with E-state index in [9.17, 15) is 13.2 Å². The molecule has 122 valence electrons. The van der Waals surface area contributed by atoms with Gasteiger partial charge in [0.1, 0.15) is 0 Å². The summed E-state index contributed by atoms with van der Waals surface area (Å²) in [6, 6.07) is 4.88. The van der Waals surface area contributed by atoms with Gasteiger partial charge in [0.15, 0.2) is 0 Å². The molecule has 0 spiro atoms. The molecule has 5 nitrogen and oxygen atoms in total. The summed E-state index contributed by atoms with van der Waals surface area (Å²) in [4.78, 5) is 12.3. The number of aryl methyl sites for hydroxylation is 1. The van der Waals surface area contributed by atoms with Crippen molar-refractivity contribution < 1.29 is 13.2 Å². The van der Waals surface area contributed by atoms with Crippen molar-refractivity contribution in [3.63, 3.8) is 0 Å². The smallest absolute Gasteiger partial charge is 0.251 e. The fraction of sp³-hybridized carbons (Fsp3) is 0.562. The Hall–Kier alpha value is -1.40. The van der Waals surface area contributed by atoms with Crippen LogP contribution < -0.4 is 5.32 Å². The predicted molar refractivity (Wildman–Crippen MR) is 86.4 cm³/mol. The summed E-state index contributed by atoms with van der Waals surface area (Å²) in [6.45, 7) is 6.63. The van der Waals surface area contributed by atoms with E-state index < -0.39 is 10.0 Å². The van der Waals surface area contributed by atoms with Crippen LogP contribution >= 0.6 is 0 Å². The quantitative estimate of drug-likeness (QED) is 0.924. The molecule has 1 heterocycles. The average Bonchev–Trinajstić information content (AvgIpc) is 2.47.